The lowest BCUT2D eigenvalue weighted by atomic mass is 10.5. The van der Waals surface area contributed by atoms with Gasteiger partial charge in [-0.25, -0.2) is 12.8 Å². The molecule has 0 aliphatic heterocycles. The maximum Gasteiger partial charge on any atom is 0.143 e. The zero-order valence-electron chi connectivity index (χ0n) is 4.21. The number of alkyl halides is 1. The molecule has 0 aromatic heterocycles. The van der Waals surface area contributed by atoms with Gasteiger partial charge in [-0.15, -0.1) is 0 Å². The number of rotatable bonds is 3. The molecule has 5 heteroatoms. The third kappa shape index (κ3) is 4.01. The minimum Gasteiger partial charge on any atom is -0.328 e. The molecule has 0 radical (unpaired) electrons. The van der Waals surface area contributed by atoms with Crippen molar-refractivity contribution < 1.29 is 12.8 Å². The molecule has 0 spiro atoms. The summed E-state index contributed by atoms with van der Waals surface area (Å²) in [7, 11) is -2.60. The van der Waals surface area contributed by atoms with E-state index in [2.05, 4.69) is 0 Å². The normalized spacial score (nSPS) is 14.4. The maximum absolute atomic E-state index is 11.9. The van der Waals surface area contributed by atoms with Gasteiger partial charge in [0.25, 0.3) is 0 Å². The van der Waals surface area contributed by atoms with Crippen LogP contribution in [0.15, 0.2) is 0 Å². The topological polar surface area (TPSA) is 60.2 Å². The van der Waals surface area contributed by atoms with Gasteiger partial charge in [0, 0.05) is 6.54 Å². The largest absolute Gasteiger partial charge is 0.328 e. The lowest BCUT2D eigenvalue weighted by Crippen LogP contribution is -2.19. The Labute approximate surface area is 48.6 Å². The molecule has 8 heavy (non-hydrogen) atoms. The molecule has 50 valence electrons. The van der Waals surface area contributed by atoms with Crippen LogP contribution in [0, 0.1) is 0 Å². The maximum atomic E-state index is 11.9. The summed E-state index contributed by atoms with van der Waals surface area (Å²) in [6, 6.07) is 0. The fraction of sp³-hybridized carbons (Fsp3) is 1.00. The zero-order valence-corrected chi connectivity index (χ0v) is 5.11. The number of hydrogen-bond acceptors (Lipinski definition) is 3. The molecule has 0 aliphatic rings. The first-order valence-electron chi connectivity index (χ1n) is 2.12. The van der Waals surface area contributed by atoms with E-state index in [9.17, 15) is 12.8 Å². The smallest absolute Gasteiger partial charge is 0.143 e. The number of hydrogen-bond donors (Lipinski definition) is 2. The first kappa shape index (κ1) is 7.84. The van der Waals surface area contributed by atoms with Crippen LogP contribution < -0.4 is 5.73 Å². The number of nitrogens with two attached hydrogens (primary N) is 1. The van der Waals surface area contributed by atoms with Crippen LogP contribution in [0.5, 0.6) is 0 Å². The molecule has 0 aliphatic carbocycles. The van der Waals surface area contributed by atoms with E-state index in [0.717, 1.165) is 0 Å². The van der Waals surface area contributed by atoms with E-state index >= 15 is 0 Å². The molecule has 3 nitrogen and oxygen atoms in total. The Kier molecular flexibility index (Phi) is 3.72. The molecule has 0 saturated carbocycles. The Hall–Kier alpha value is -0.160. The molecule has 0 amide bonds. The van der Waals surface area contributed by atoms with E-state index in [0.29, 0.717) is 0 Å². The third-order valence-corrected chi connectivity index (χ3v) is 1.30. The average Bonchev–Trinajstić information content (AvgIpc) is 1.65. The molecule has 0 saturated heterocycles. The van der Waals surface area contributed by atoms with Gasteiger partial charge >= 0.3 is 0 Å². The van der Waals surface area contributed by atoms with Crippen molar-refractivity contribution in [1.29, 1.82) is 0 Å². The molecular formula is C3H8FNO2S. The predicted octanol–water partition coefficient (Wildman–Crippen LogP) is -1.11. The quantitative estimate of drug-likeness (QED) is 0.490. The third-order valence-electron chi connectivity index (χ3n) is 0.603. The monoisotopic (exact) mass is 141 g/mol. The average molecular weight is 141 g/mol. The van der Waals surface area contributed by atoms with E-state index in [1.807, 2.05) is 0 Å². The summed E-state index contributed by atoms with van der Waals surface area (Å²) in [5, 5.41) is 0. The molecule has 0 aromatic carbocycles. The van der Waals surface area contributed by atoms with Crippen molar-refractivity contribution in [2.45, 2.75) is 6.17 Å². The van der Waals surface area contributed by atoms with E-state index < -0.39 is 22.6 Å². The van der Waals surface area contributed by atoms with Gasteiger partial charge in [-0.1, -0.05) is 0 Å². The standard InChI is InChI=1S/C3H8FNO2S/c4-3(1-5)2-8(6)7/h3,8H,1-2,5H2. The van der Waals surface area contributed by atoms with Gasteiger partial charge in [0.15, 0.2) is 0 Å². The van der Waals surface area contributed by atoms with Gasteiger partial charge in [-0.3, -0.25) is 0 Å². The van der Waals surface area contributed by atoms with Crippen molar-refractivity contribution in [3.05, 3.63) is 0 Å². The number of thiol groups is 1. The summed E-state index contributed by atoms with van der Waals surface area (Å²) in [6.07, 6.45) is -1.39. The van der Waals surface area contributed by atoms with Crippen LogP contribution in [0.1, 0.15) is 0 Å². The SMILES string of the molecule is NCC(F)C[SH](=O)=O. The summed E-state index contributed by atoms with van der Waals surface area (Å²) in [6.45, 7) is -0.219. The molecule has 0 heterocycles. The highest BCUT2D eigenvalue weighted by molar-refractivity contribution is 7.72. The van der Waals surface area contributed by atoms with Crippen LogP contribution in [0.3, 0.4) is 0 Å². The summed E-state index contributed by atoms with van der Waals surface area (Å²) in [4.78, 5) is 0. The van der Waals surface area contributed by atoms with Crippen LogP contribution in [-0.4, -0.2) is 26.9 Å². The lowest BCUT2D eigenvalue weighted by molar-refractivity contribution is 0.372. The van der Waals surface area contributed by atoms with E-state index in [1.54, 1.807) is 0 Å². The highest BCUT2D eigenvalue weighted by atomic mass is 32.2. The Morgan fingerprint density at radius 1 is 1.62 bits per heavy atom. The Morgan fingerprint density at radius 3 is 2.25 bits per heavy atom. The van der Waals surface area contributed by atoms with E-state index in [1.165, 1.54) is 0 Å². The van der Waals surface area contributed by atoms with Crippen molar-refractivity contribution in [2.24, 2.45) is 5.73 Å². The fourth-order valence-corrected chi connectivity index (χ4v) is 0.709. The first-order chi connectivity index (χ1) is 3.66. The fourth-order valence-electron chi connectivity index (χ4n) is 0.236. The second-order valence-electron chi connectivity index (χ2n) is 1.35. The minimum absolute atomic E-state index is 0.219. The molecular weight excluding hydrogens is 133 g/mol. The molecule has 0 aromatic rings. The van der Waals surface area contributed by atoms with Crippen molar-refractivity contribution >= 4 is 10.7 Å². The molecule has 1 unspecified atom stereocenters. The molecule has 0 fully saturated rings. The molecule has 0 bridgehead atoms. The van der Waals surface area contributed by atoms with E-state index in [-0.39, 0.29) is 6.54 Å². The van der Waals surface area contributed by atoms with Gasteiger partial charge in [0.1, 0.15) is 16.9 Å². The van der Waals surface area contributed by atoms with Gasteiger partial charge < -0.3 is 5.73 Å². The predicted molar refractivity (Wildman–Crippen MR) is 29.1 cm³/mol. The van der Waals surface area contributed by atoms with Gasteiger partial charge in [0.2, 0.25) is 0 Å². The summed E-state index contributed by atoms with van der Waals surface area (Å²) < 4.78 is 31.3. The van der Waals surface area contributed by atoms with Crippen LogP contribution in [0.4, 0.5) is 4.39 Å². The molecule has 0 rings (SSSR count). The van der Waals surface area contributed by atoms with Crippen LogP contribution in [-0.2, 0) is 10.7 Å². The lowest BCUT2D eigenvalue weighted by Gasteiger charge is -1.94. The molecule has 2 N–H and O–H groups in total. The van der Waals surface area contributed by atoms with Crippen molar-refractivity contribution in [3.8, 4) is 0 Å². The van der Waals surface area contributed by atoms with Crippen molar-refractivity contribution in [3.63, 3.8) is 0 Å². The van der Waals surface area contributed by atoms with Crippen LogP contribution in [0.2, 0.25) is 0 Å². The van der Waals surface area contributed by atoms with Crippen LogP contribution >= 0.6 is 0 Å². The van der Waals surface area contributed by atoms with E-state index in [4.69, 9.17) is 5.73 Å². The molecule has 1 atom stereocenters. The summed E-state index contributed by atoms with van der Waals surface area (Å²) >= 11 is 0. The second kappa shape index (κ2) is 3.80. The Balaban J connectivity index is 3.39. The van der Waals surface area contributed by atoms with Crippen molar-refractivity contribution in [2.75, 3.05) is 12.3 Å². The summed E-state index contributed by atoms with van der Waals surface area (Å²) in [5.41, 5.74) is 4.78. The highest BCUT2D eigenvalue weighted by Gasteiger charge is 2.02. The second-order valence-corrected chi connectivity index (χ2v) is 2.38. The first-order valence-corrected chi connectivity index (χ1v) is 3.49. The van der Waals surface area contributed by atoms with Crippen molar-refractivity contribution in [1.82, 2.24) is 0 Å². The zero-order chi connectivity index (χ0) is 6.57. The Bertz CT molecular complexity index is 116. The Morgan fingerprint density at radius 2 is 2.12 bits per heavy atom. The number of halogens is 1. The summed E-state index contributed by atoms with van der Waals surface area (Å²) in [5.74, 6) is -0.453. The van der Waals surface area contributed by atoms with Gasteiger partial charge in [-0.2, -0.15) is 0 Å². The minimum atomic E-state index is -2.60. The van der Waals surface area contributed by atoms with Gasteiger partial charge in [0.05, 0.1) is 5.75 Å². The van der Waals surface area contributed by atoms with Gasteiger partial charge in [-0.05, 0) is 0 Å². The van der Waals surface area contributed by atoms with Crippen LogP contribution in [0.25, 0.3) is 0 Å². The highest BCUT2D eigenvalue weighted by Crippen LogP contribution is 1.85.